The van der Waals surface area contributed by atoms with Gasteiger partial charge in [-0.25, -0.2) is 0 Å². The Hall–Kier alpha value is -0.860. The number of aliphatic hydroxyl groups excluding tert-OH is 1. The van der Waals surface area contributed by atoms with Crippen LogP contribution in [-0.4, -0.2) is 37.5 Å². The number of hydrogen-bond donors (Lipinski definition) is 1. The van der Waals surface area contributed by atoms with E-state index in [4.69, 9.17) is 14.2 Å². The van der Waals surface area contributed by atoms with Crippen molar-refractivity contribution in [2.75, 3.05) is 14.2 Å². The van der Waals surface area contributed by atoms with Gasteiger partial charge in [0.05, 0.1) is 0 Å². The highest BCUT2D eigenvalue weighted by atomic mass is 16.8. The number of methoxy groups -OCH3 is 2. The van der Waals surface area contributed by atoms with Crippen molar-refractivity contribution in [3.8, 4) is 11.8 Å². The third-order valence-corrected chi connectivity index (χ3v) is 2.00. The normalized spacial score (nSPS) is 32.4. The molecule has 3 atom stereocenters. The fourth-order valence-corrected chi connectivity index (χ4v) is 1.22. The standard InChI is InChI=1S/C10H14O4/c1-4-5-8(11)10(13-3)7-6-9(12-2)14-10/h6-9,11H,1-3H3. The summed E-state index contributed by atoms with van der Waals surface area (Å²) in [6, 6.07) is 0. The SMILES string of the molecule is CC#CC(O)C1(OC)C=CC(OC)O1. The van der Waals surface area contributed by atoms with E-state index in [0.717, 1.165) is 0 Å². The maximum Gasteiger partial charge on any atom is 0.228 e. The predicted molar refractivity (Wildman–Crippen MR) is 50.2 cm³/mol. The molecule has 1 heterocycles. The van der Waals surface area contributed by atoms with E-state index in [2.05, 4.69) is 11.8 Å². The van der Waals surface area contributed by atoms with E-state index in [1.807, 2.05) is 0 Å². The monoisotopic (exact) mass is 198 g/mol. The van der Waals surface area contributed by atoms with Crippen LogP contribution in [0, 0.1) is 11.8 Å². The van der Waals surface area contributed by atoms with Crippen molar-refractivity contribution >= 4 is 0 Å². The highest BCUT2D eigenvalue weighted by Gasteiger charge is 2.42. The van der Waals surface area contributed by atoms with Gasteiger partial charge in [-0.05, 0) is 19.1 Å². The molecule has 14 heavy (non-hydrogen) atoms. The third-order valence-electron chi connectivity index (χ3n) is 2.00. The fourth-order valence-electron chi connectivity index (χ4n) is 1.22. The second kappa shape index (κ2) is 4.58. The van der Waals surface area contributed by atoms with Crippen molar-refractivity contribution in [3.05, 3.63) is 12.2 Å². The zero-order chi connectivity index (χ0) is 10.6. The molecule has 0 spiro atoms. The van der Waals surface area contributed by atoms with E-state index in [1.54, 1.807) is 19.1 Å². The molecule has 0 aliphatic carbocycles. The van der Waals surface area contributed by atoms with E-state index in [9.17, 15) is 5.11 Å². The van der Waals surface area contributed by atoms with Crippen molar-refractivity contribution in [1.82, 2.24) is 0 Å². The summed E-state index contributed by atoms with van der Waals surface area (Å²) in [5.41, 5.74) is 0. The predicted octanol–water partition coefficient (Wildman–Crippen LogP) is 0.272. The molecule has 4 nitrogen and oxygen atoms in total. The Bertz CT molecular complexity index is 276. The summed E-state index contributed by atoms with van der Waals surface area (Å²) in [4.78, 5) is 0. The molecular formula is C10H14O4. The summed E-state index contributed by atoms with van der Waals surface area (Å²) < 4.78 is 15.4. The smallest absolute Gasteiger partial charge is 0.228 e. The zero-order valence-electron chi connectivity index (χ0n) is 8.48. The molecule has 4 heteroatoms. The minimum Gasteiger partial charge on any atom is -0.375 e. The first-order valence-corrected chi connectivity index (χ1v) is 4.24. The van der Waals surface area contributed by atoms with Crippen LogP contribution in [0.1, 0.15) is 6.92 Å². The lowest BCUT2D eigenvalue weighted by Gasteiger charge is -2.28. The van der Waals surface area contributed by atoms with E-state index < -0.39 is 18.2 Å². The van der Waals surface area contributed by atoms with Gasteiger partial charge in [-0.1, -0.05) is 5.92 Å². The maximum atomic E-state index is 9.68. The summed E-state index contributed by atoms with van der Waals surface area (Å²) in [5, 5.41) is 9.68. The van der Waals surface area contributed by atoms with Crippen molar-refractivity contribution in [1.29, 1.82) is 0 Å². The van der Waals surface area contributed by atoms with E-state index in [0.29, 0.717) is 0 Å². The van der Waals surface area contributed by atoms with Crippen LogP contribution < -0.4 is 0 Å². The van der Waals surface area contributed by atoms with Gasteiger partial charge >= 0.3 is 0 Å². The molecule has 1 aliphatic heterocycles. The lowest BCUT2D eigenvalue weighted by atomic mass is 10.1. The number of hydrogen-bond acceptors (Lipinski definition) is 4. The second-order valence-corrected chi connectivity index (χ2v) is 2.80. The Morgan fingerprint density at radius 3 is 2.71 bits per heavy atom. The molecule has 0 saturated heterocycles. The van der Waals surface area contributed by atoms with Crippen LogP contribution in [0.15, 0.2) is 12.2 Å². The van der Waals surface area contributed by atoms with Gasteiger partial charge in [-0.2, -0.15) is 0 Å². The molecular weight excluding hydrogens is 184 g/mol. The van der Waals surface area contributed by atoms with E-state index >= 15 is 0 Å². The molecule has 1 rings (SSSR count). The third kappa shape index (κ3) is 1.97. The Morgan fingerprint density at radius 1 is 1.57 bits per heavy atom. The highest BCUT2D eigenvalue weighted by molar-refractivity contribution is 5.17. The minimum atomic E-state index is -1.20. The fraction of sp³-hybridized carbons (Fsp3) is 0.600. The maximum absolute atomic E-state index is 9.68. The lowest BCUT2D eigenvalue weighted by molar-refractivity contribution is -0.268. The number of rotatable bonds is 3. The molecule has 0 aromatic carbocycles. The van der Waals surface area contributed by atoms with Crippen molar-refractivity contribution in [2.45, 2.75) is 25.1 Å². The molecule has 0 saturated carbocycles. The minimum absolute atomic E-state index is 0.497. The van der Waals surface area contributed by atoms with Crippen molar-refractivity contribution in [3.63, 3.8) is 0 Å². The highest BCUT2D eigenvalue weighted by Crippen LogP contribution is 2.27. The Balaban J connectivity index is 2.78. The van der Waals surface area contributed by atoms with Crippen LogP contribution in [-0.2, 0) is 14.2 Å². The summed E-state index contributed by atoms with van der Waals surface area (Å²) in [6.45, 7) is 1.64. The van der Waals surface area contributed by atoms with Gasteiger partial charge in [-0.3, -0.25) is 0 Å². The van der Waals surface area contributed by atoms with Gasteiger partial charge in [0.15, 0.2) is 12.4 Å². The summed E-state index contributed by atoms with van der Waals surface area (Å²) >= 11 is 0. The van der Waals surface area contributed by atoms with Crippen LogP contribution >= 0.6 is 0 Å². The van der Waals surface area contributed by atoms with Gasteiger partial charge in [0.2, 0.25) is 5.79 Å². The van der Waals surface area contributed by atoms with Gasteiger partial charge in [0, 0.05) is 14.2 Å². The Kier molecular flexibility index (Phi) is 3.67. The van der Waals surface area contributed by atoms with Crippen LogP contribution in [0.4, 0.5) is 0 Å². The largest absolute Gasteiger partial charge is 0.375 e. The molecule has 78 valence electrons. The van der Waals surface area contributed by atoms with E-state index in [-0.39, 0.29) is 0 Å². The van der Waals surface area contributed by atoms with Gasteiger partial charge in [0.25, 0.3) is 0 Å². The molecule has 0 radical (unpaired) electrons. The summed E-state index contributed by atoms with van der Waals surface area (Å²) in [6.07, 6.45) is 1.76. The topological polar surface area (TPSA) is 47.9 Å². The average Bonchev–Trinajstić information content (AvgIpc) is 2.63. The Morgan fingerprint density at radius 2 is 2.29 bits per heavy atom. The molecule has 1 aliphatic rings. The number of aliphatic hydroxyl groups is 1. The molecule has 1 N–H and O–H groups in total. The van der Waals surface area contributed by atoms with Crippen LogP contribution in [0.2, 0.25) is 0 Å². The summed E-state index contributed by atoms with van der Waals surface area (Å²) in [5.74, 6) is 3.97. The summed E-state index contributed by atoms with van der Waals surface area (Å²) in [7, 11) is 2.96. The lowest BCUT2D eigenvalue weighted by Crippen LogP contribution is -2.43. The zero-order valence-corrected chi connectivity index (χ0v) is 8.48. The quantitative estimate of drug-likeness (QED) is 0.522. The molecule has 3 unspecified atom stereocenters. The van der Waals surface area contributed by atoms with E-state index in [1.165, 1.54) is 14.2 Å². The molecule has 0 bridgehead atoms. The first kappa shape index (κ1) is 11.2. The Labute approximate surface area is 83.5 Å². The first-order chi connectivity index (χ1) is 6.68. The first-order valence-electron chi connectivity index (χ1n) is 4.24. The van der Waals surface area contributed by atoms with Crippen molar-refractivity contribution in [2.24, 2.45) is 0 Å². The van der Waals surface area contributed by atoms with Crippen LogP contribution in [0.5, 0.6) is 0 Å². The molecule has 0 aromatic rings. The second-order valence-electron chi connectivity index (χ2n) is 2.80. The number of ether oxygens (including phenoxy) is 3. The molecule has 0 amide bonds. The van der Waals surface area contributed by atoms with Gasteiger partial charge in [-0.15, -0.1) is 5.92 Å². The molecule has 0 fully saturated rings. The van der Waals surface area contributed by atoms with Crippen LogP contribution in [0.3, 0.4) is 0 Å². The van der Waals surface area contributed by atoms with Crippen LogP contribution in [0.25, 0.3) is 0 Å². The van der Waals surface area contributed by atoms with Crippen molar-refractivity contribution < 1.29 is 19.3 Å². The van der Waals surface area contributed by atoms with Gasteiger partial charge < -0.3 is 19.3 Å². The average molecular weight is 198 g/mol. The van der Waals surface area contributed by atoms with Gasteiger partial charge in [0.1, 0.15) is 0 Å². The molecule has 0 aromatic heterocycles.